The maximum Gasteiger partial charge on any atom is 0.323 e. The van der Waals surface area contributed by atoms with E-state index < -0.39 is 30.0 Å². The molecule has 7 heteroatoms. The largest absolute Gasteiger partial charge is 0.480 e. The second-order valence-electron chi connectivity index (χ2n) is 8.29. The number of carboxylic acid groups (broad SMARTS) is 1. The van der Waals surface area contributed by atoms with Crippen LogP contribution in [0, 0.1) is 5.92 Å². The summed E-state index contributed by atoms with van der Waals surface area (Å²) in [6.07, 6.45) is 1.71. The number of carbonyl (C=O) groups excluding carboxylic acids is 2. The van der Waals surface area contributed by atoms with Crippen LogP contribution in [0.3, 0.4) is 0 Å². The van der Waals surface area contributed by atoms with Gasteiger partial charge in [0.25, 0.3) is 0 Å². The van der Waals surface area contributed by atoms with Crippen molar-refractivity contribution in [2.75, 3.05) is 19.6 Å². The van der Waals surface area contributed by atoms with Gasteiger partial charge in [0.05, 0.1) is 6.04 Å². The third-order valence-corrected chi connectivity index (χ3v) is 5.63. The van der Waals surface area contributed by atoms with E-state index >= 15 is 0 Å². The van der Waals surface area contributed by atoms with Gasteiger partial charge in [-0.05, 0) is 30.7 Å². The molecule has 2 amide bonds. The summed E-state index contributed by atoms with van der Waals surface area (Å²) < 4.78 is 0. The lowest BCUT2D eigenvalue weighted by Gasteiger charge is -2.48. The predicted molar refractivity (Wildman–Crippen MR) is 104 cm³/mol. The van der Waals surface area contributed by atoms with E-state index in [1.807, 2.05) is 32.0 Å². The Hall–Kier alpha value is -2.25. The van der Waals surface area contributed by atoms with Crippen LogP contribution in [0.4, 0.5) is 0 Å². The second-order valence-corrected chi connectivity index (χ2v) is 8.29. The minimum absolute atomic E-state index is 0.261. The Morgan fingerprint density at radius 2 is 1.86 bits per heavy atom. The molecule has 3 rings (SSSR count). The van der Waals surface area contributed by atoms with Crippen LogP contribution in [-0.4, -0.2) is 63.9 Å². The van der Waals surface area contributed by atoms with Crippen LogP contribution in [0.2, 0.25) is 0 Å². The van der Waals surface area contributed by atoms with Crippen LogP contribution >= 0.6 is 0 Å². The zero-order chi connectivity index (χ0) is 20.3. The molecule has 0 radical (unpaired) electrons. The van der Waals surface area contributed by atoms with Crippen molar-refractivity contribution in [1.29, 1.82) is 0 Å². The van der Waals surface area contributed by atoms with Crippen LogP contribution in [0.15, 0.2) is 30.3 Å². The molecule has 2 heterocycles. The standard InChI is InChI=1S/C21H29N3O4/c1-15(2)12-17-19(27)24(14-18(25)26)20(28)21(22-17)8-10-23(11-9-21)13-16-6-4-3-5-7-16/h3-7,15,17,22H,8-14H2,1-2H3,(H,25,26)/t17-/m0/s1. The van der Waals surface area contributed by atoms with Gasteiger partial charge >= 0.3 is 5.97 Å². The quantitative estimate of drug-likeness (QED) is 0.719. The lowest BCUT2D eigenvalue weighted by atomic mass is 9.81. The minimum Gasteiger partial charge on any atom is -0.480 e. The molecule has 2 aliphatic heterocycles. The number of piperidine rings is 1. The third-order valence-electron chi connectivity index (χ3n) is 5.63. The van der Waals surface area contributed by atoms with Crippen molar-refractivity contribution in [1.82, 2.24) is 15.1 Å². The highest BCUT2D eigenvalue weighted by Gasteiger charge is 2.52. The SMILES string of the molecule is CC(C)C[C@@H]1NC2(CCN(Cc3ccccc3)CC2)C(=O)N(CC(=O)O)C1=O. The van der Waals surface area contributed by atoms with Crippen molar-refractivity contribution in [2.24, 2.45) is 5.92 Å². The summed E-state index contributed by atoms with van der Waals surface area (Å²) in [5, 5.41) is 12.5. The fourth-order valence-corrected chi connectivity index (χ4v) is 4.21. The summed E-state index contributed by atoms with van der Waals surface area (Å²) in [5.41, 5.74) is 0.373. The molecule has 1 spiro atoms. The Bertz CT molecular complexity index is 726. The summed E-state index contributed by atoms with van der Waals surface area (Å²) in [4.78, 5) is 40.3. The molecule has 1 aromatic carbocycles. The van der Waals surface area contributed by atoms with Gasteiger partial charge in [-0.1, -0.05) is 44.2 Å². The van der Waals surface area contributed by atoms with Gasteiger partial charge < -0.3 is 5.11 Å². The molecule has 1 atom stereocenters. The third kappa shape index (κ3) is 4.42. The van der Waals surface area contributed by atoms with Gasteiger partial charge in [-0.2, -0.15) is 0 Å². The summed E-state index contributed by atoms with van der Waals surface area (Å²) in [6.45, 7) is 5.72. The zero-order valence-corrected chi connectivity index (χ0v) is 16.6. The van der Waals surface area contributed by atoms with E-state index in [9.17, 15) is 19.5 Å². The van der Waals surface area contributed by atoms with Crippen molar-refractivity contribution in [3.63, 3.8) is 0 Å². The zero-order valence-electron chi connectivity index (χ0n) is 16.6. The van der Waals surface area contributed by atoms with E-state index in [0.717, 1.165) is 24.5 Å². The molecule has 0 saturated carbocycles. The van der Waals surface area contributed by atoms with Gasteiger partial charge in [0.15, 0.2) is 0 Å². The summed E-state index contributed by atoms with van der Waals surface area (Å²) >= 11 is 0. The number of benzene rings is 1. The van der Waals surface area contributed by atoms with E-state index in [4.69, 9.17) is 0 Å². The number of aliphatic carboxylic acids is 1. The van der Waals surface area contributed by atoms with Crippen LogP contribution in [0.5, 0.6) is 0 Å². The highest BCUT2D eigenvalue weighted by atomic mass is 16.4. The van der Waals surface area contributed by atoms with E-state index in [2.05, 4.69) is 22.3 Å². The highest BCUT2D eigenvalue weighted by Crippen LogP contribution is 2.31. The number of imide groups is 1. The van der Waals surface area contributed by atoms with Gasteiger partial charge in [-0.15, -0.1) is 0 Å². The number of nitrogens with zero attached hydrogens (tertiary/aromatic N) is 2. The van der Waals surface area contributed by atoms with E-state index in [0.29, 0.717) is 19.3 Å². The number of nitrogens with one attached hydrogen (secondary N) is 1. The predicted octanol–water partition coefficient (Wildman–Crippen LogP) is 1.48. The average Bonchev–Trinajstić information content (AvgIpc) is 2.65. The lowest BCUT2D eigenvalue weighted by molar-refractivity contribution is -0.163. The Morgan fingerprint density at radius 1 is 1.21 bits per heavy atom. The first kappa shape index (κ1) is 20.5. The Morgan fingerprint density at radius 3 is 2.43 bits per heavy atom. The molecule has 1 aromatic rings. The first-order chi connectivity index (χ1) is 13.3. The molecule has 2 N–H and O–H groups in total. The van der Waals surface area contributed by atoms with Gasteiger partial charge in [0.2, 0.25) is 11.8 Å². The van der Waals surface area contributed by atoms with Crippen molar-refractivity contribution in [3.05, 3.63) is 35.9 Å². The van der Waals surface area contributed by atoms with E-state index in [1.54, 1.807) is 0 Å². The molecule has 0 unspecified atom stereocenters. The topological polar surface area (TPSA) is 90.0 Å². The molecule has 28 heavy (non-hydrogen) atoms. The van der Waals surface area contributed by atoms with Crippen molar-refractivity contribution in [3.8, 4) is 0 Å². The average molecular weight is 387 g/mol. The van der Waals surface area contributed by atoms with Gasteiger partial charge in [-0.25, -0.2) is 0 Å². The second kappa shape index (κ2) is 8.41. The molecule has 2 saturated heterocycles. The number of hydrogen-bond donors (Lipinski definition) is 2. The van der Waals surface area contributed by atoms with Crippen molar-refractivity contribution in [2.45, 2.75) is 51.2 Å². The number of carbonyl (C=O) groups is 3. The summed E-state index contributed by atoms with van der Waals surface area (Å²) in [7, 11) is 0. The minimum atomic E-state index is -1.16. The van der Waals surface area contributed by atoms with Crippen molar-refractivity contribution < 1.29 is 19.5 Å². The van der Waals surface area contributed by atoms with Crippen molar-refractivity contribution >= 4 is 17.8 Å². The maximum atomic E-state index is 13.1. The Labute approximate surface area is 165 Å². The molecule has 7 nitrogen and oxygen atoms in total. The van der Waals surface area contributed by atoms with Crippen LogP contribution in [0.25, 0.3) is 0 Å². The Balaban J connectivity index is 1.74. The van der Waals surface area contributed by atoms with Crippen LogP contribution in [0.1, 0.15) is 38.7 Å². The lowest BCUT2D eigenvalue weighted by Crippen LogP contribution is -2.73. The van der Waals surface area contributed by atoms with Gasteiger partial charge in [0.1, 0.15) is 12.1 Å². The van der Waals surface area contributed by atoms with Crippen LogP contribution < -0.4 is 5.32 Å². The summed E-state index contributed by atoms with van der Waals surface area (Å²) in [5.74, 6) is -1.71. The fourth-order valence-electron chi connectivity index (χ4n) is 4.21. The molecular formula is C21H29N3O4. The molecular weight excluding hydrogens is 358 g/mol. The molecule has 0 aliphatic carbocycles. The molecule has 0 aromatic heterocycles. The van der Waals surface area contributed by atoms with E-state index in [-0.39, 0.29) is 11.8 Å². The number of likely N-dealkylation sites (tertiary alicyclic amines) is 1. The molecule has 152 valence electrons. The monoisotopic (exact) mass is 387 g/mol. The first-order valence-electron chi connectivity index (χ1n) is 9.92. The number of rotatable bonds is 6. The van der Waals surface area contributed by atoms with Gasteiger partial charge in [-0.3, -0.25) is 29.5 Å². The summed E-state index contributed by atoms with van der Waals surface area (Å²) in [6, 6.07) is 9.67. The highest BCUT2D eigenvalue weighted by molar-refractivity contribution is 6.06. The first-order valence-corrected chi connectivity index (χ1v) is 9.92. The molecule has 2 aliphatic rings. The van der Waals surface area contributed by atoms with E-state index in [1.165, 1.54) is 5.56 Å². The van der Waals surface area contributed by atoms with Gasteiger partial charge in [0, 0.05) is 19.6 Å². The smallest absolute Gasteiger partial charge is 0.323 e. The van der Waals surface area contributed by atoms with Crippen LogP contribution in [-0.2, 0) is 20.9 Å². The maximum absolute atomic E-state index is 13.1. The fraction of sp³-hybridized carbons (Fsp3) is 0.571. The number of hydrogen-bond acceptors (Lipinski definition) is 5. The number of piperazine rings is 1. The Kier molecular flexibility index (Phi) is 6.15. The number of amides is 2. The molecule has 0 bridgehead atoms. The normalized spacial score (nSPS) is 22.8. The number of carboxylic acids is 1. The molecule has 2 fully saturated rings.